The third-order valence-electron chi connectivity index (χ3n) is 5.44. The number of pyridine rings is 1. The number of aryl methyl sites for hydroxylation is 1. The lowest BCUT2D eigenvalue weighted by atomic mass is 10.1. The highest BCUT2D eigenvalue weighted by Gasteiger charge is 2.22. The molecule has 2 aromatic carbocycles. The average Bonchev–Trinajstić information content (AvgIpc) is 3.24. The Bertz CT molecular complexity index is 1310. The molecule has 0 aliphatic rings. The van der Waals surface area contributed by atoms with Crippen LogP contribution in [0.25, 0.3) is 11.3 Å². The lowest BCUT2D eigenvalue weighted by Crippen LogP contribution is -2.29. The van der Waals surface area contributed by atoms with E-state index in [0.29, 0.717) is 16.9 Å². The van der Waals surface area contributed by atoms with Crippen LogP contribution >= 0.6 is 0 Å². The Morgan fingerprint density at radius 2 is 1.72 bits per heavy atom. The first kappa shape index (κ1) is 24.5. The quantitative estimate of drug-likeness (QED) is 0.320. The van der Waals surface area contributed by atoms with Gasteiger partial charge in [0.25, 0.3) is 0 Å². The molecule has 0 bridgehead atoms. The first-order valence-electron chi connectivity index (χ1n) is 11.3. The summed E-state index contributed by atoms with van der Waals surface area (Å²) in [6.45, 7) is 3.47. The van der Waals surface area contributed by atoms with Crippen LogP contribution in [0.15, 0.2) is 83.5 Å². The second kappa shape index (κ2) is 11.2. The van der Waals surface area contributed by atoms with Gasteiger partial charge in [-0.3, -0.25) is 5.32 Å². The van der Waals surface area contributed by atoms with Crippen LogP contribution in [0.5, 0.6) is 5.88 Å². The van der Waals surface area contributed by atoms with Crippen molar-refractivity contribution in [1.82, 2.24) is 10.1 Å². The first-order valence-corrected chi connectivity index (χ1v) is 11.3. The van der Waals surface area contributed by atoms with E-state index in [1.54, 1.807) is 19.9 Å². The van der Waals surface area contributed by atoms with Crippen LogP contribution in [0.3, 0.4) is 0 Å². The number of aliphatic carboxylic acids is 1. The van der Waals surface area contributed by atoms with Crippen LogP contribution < -0.4 is 10.1 Å². The number of ether oxygens (including phenoxy) is 2. The Morgan fingerprint density at radius 1 is 1.03 bits per heavy atom. The molecule has 9 heteroatoms. The van der Waals surface area contributed by atoms with Crippen LogP contribution in [0, 0.1) is 6.92 Å². The summed E-state index contributed by atoms with van der Waals surface area (Å²) < 4.78 is 16.5. The number of carbonyl (C=O) groups excluding carboxylic acids is 1. The lowest BCUT2D eigenvalue weighted by molar-refractivity contribution is -0.145. The van der Waals surface area contributed by atoms with E-state index in [2.05, 4.69) is 15.5 Å². The molecule has 0 spiro atoms. The molecule has 184 valence electrons. The average molecular weight is 488 g/mol. The fourth-order valence-corrected chi connectivity index (χ4v) is 3.54. The molecule has 0 aliphatic heterocycles. The summed E-state index contributed by atoms with van der Waals surface area (Å²) in [5.74, 6) is -0.663. The molecule has 0 saturated carbocycles. The predicted octanol–water partition coefficient (Wildman–Crippen LogP) is 5.43. The standard InChI is InChI=1S/C27H25N3O6/c1-17-24(29-27(33)34-18(2)20-11-7-4-8-12-20)25(36-30-17)21-13-14-23(28-16-21)35-22(26(31)32)15-19-9-5-3-6-10-19/h3-14,16,18,22H,15H2,1-2H3,(H,29,33)(H,31,32). The molecule has 2 N–H and O–H groups in total. The van der Waals surface area contributed by atoms with Gasteiger partial charge in [-0.15, -0.1) is 0 Å². The van der Waals surface area contributed by atoms with E-state index < -0.39 is 24.3 Å². The predicted molar refractivity (Wildman–Crippen MR) is 132 cm³/mol. The zero-order valence-electron chi connectivity index (χ0n) is 19.8. The molecule has 2 atom stereocenters. The SMILES string of the molecule is Cc1noc(-c2ccc(OC(Cc3ccccc3)C(=O)O)nc2)c1NC(=O)OC(C)c1ccccc1. The van der Waals surface area contributed by atoms with Crippen molar-refractivity contribution in [3.05, 3.63) is 95.8 Å². The van der Waals surface area contributed by atoms with Crippen molar-refractivity contribution in [2.45, 2.75) is 32.5 Å². The van der Waals surface area contributed by atoms with E-state index in [9.17, 15) is 14.7 Å². The van der Waals surface area contributed by atoms with E-state index in [1.807, 2.05) is 60.7 Å². The van der Waals surface area contributed by atoms with E-state index in [4.69, 9.17) is 14.0 Å². The third-order valence-corrected chi connectivity index (χ3v) is 5.44. The number of rotatable bonds is 9. The molecule has 4 rings (SSSR count). The van der Waals surface area contributed by atoms with Gasteiger partial charge in [0.1, 0.15) is 17.5 Å². The van der Waals surface area contributed by atoms with Gasteiger partial charge in [0.15, 0.2) is 5.76 Å². The highest BCUT2D eigenvalue weighted by atomic mass is 16.6. The van der Waals surface area contributed by atoms with E-state index in [-0.39, 0.29) is 18.1 Å². The van der Waals surface area contributed by atoms with E-state index >= 15 is 0 Å². The summed E-state index contributed by atoms with van der Waals surface area (Å²) in [5.41, 5.74) is 3.03. The van der Waals surface area contributed by atoms with Crippen molar-refractivity contribution in [3.8, 4) is 17.2 Å². The first-order chi connectivity index (χ1) is 17.4. The van der Waals surface area contributed by atoms with Crippen LogP contribution in [-0.2, 0) is 16.0 Å². The number of benzene rings is 2. The summed E-state index contributed by atoms with van der Waals surface area (Å²) in [5, 5.41) is 16.2. The summed E-state index contributed by atoms with van der Waals surface area (Å²) >= 11 is 0. The van der Waals surface area contributed by atoms with Crippen molar-refractivity contribution >= 4 is 17.7 Å². The summed E-state index contributed by atoms with van der Waals surface area (Å²) in [6, 6.07) is 21.8. The molecular formula is C27H25N3O6. The Kier molecular flexibility index (Phi) is 7.60. The minimum Gasteiger partial charge on any atom is -0.478 e. The van der Waals surface area contributed by atoms with Crippen molar-refractivity contribution in [2.24, 2.45) is 0 Å². The number of hydrogen-bond acceptors (Lipinski definition) is 7. The molecule has 0 fully saturated rings. The van der Waals surface area contributed by atoms with Gasteiger partial charge in [0, 0.05) is 24.2 Å². The number of anilines is 1. The number of amides is 1. The zero-order chi connectivity index (χ0) is 25.5. The van der Waals surface area contributed by atoms with Crippen LogP contribution in [0.2, 0.25) is 0 Å². The Morgan fingerprint density at radius 3 is 2.36 bits per heavy atom. The maximum atomic E-state index is 12.5. The Hall–Kier alpha value is -4.66. The molecule has 0 aliphatic carbocycles. The van der Waals surface area contributed by atoms with Gasteiger partial charge in [0.2, 0.25) is 12.0 Å². The van der Waals surface area contributed by atoms with Crippen molar-refractivity contribution in [2.75, 3.05) is 5.32 Å². The molecule has 2 aromatic heterocycles. The highest BCUT2D eigenvalue weighted by Crippen LogP contribution is 2.32. The van der Waals surface area contributed by atoms with Gasteiger partial charge < -0.3 is 19.1 Å². The third kappa shape index (κ3) is 6.06. The molecule has 36 heavy (non-hydrogen) atoms. The second-order valence-corrected chi connectivity index (χ2v) is 8.07. The Labute approximate surface area is 207 Å². The van der Waals surface area contributed by atoms with Gasteiger partial charge in [0.05, 0.1) is 0 Å². The number of hydrogen-bond donors (Lipinski definition) is 2. The molecule has 2 unspecified atom stereocenters. The number of nitrogens with zero attached hydrogens (tertiary/aromatic N) is 2. The topological polar surface area (TPSA) is 124 Å². The zero-order valence-corrected chi connectivity index (χ0v) is 19.8. The largest absolute Gasteiger partial charge is 0.478 e. The van der Waals surface area contributed by atoms with Gasteiger partial charge in [-0.05, 0) is 31.0 Å². The monoisotopic (exact) mass is 487 g/mol. The van der Waals surface area contributed by atoms with Gasteiger partial charge in [-0.25, -0.2) is 14.6 Å². The second-order valence-electron chi connectivity index (χ2n) is 8.07. The van der Waals surface area contributed by atoms with Crippen LogP contribution in [-0.4, -0.2) is 33.4 Å². The van der Waals surface area contributed by atoms with Gasteiger partial charge in [-0.2, -0.15) is 0 Å². The van der Waals surface area contributed by atoms with Crippen molar-refractivity contribution < 1.29 is 28.7 Å². The fourth-order valence-electron chi connectivity index (χ4n) is 3.54. The summed E-state index contributed by atoms with van der Waals surface area (Å²) in [6.07, 6.45) is -0.557. The molecular weight excluding hydrogens is 462 g/mol. The number of aromatic nitrogens is 2. The molecule has 0 radical (unpaired) electrons. The number of carboxylic acids is 1. The number of carbonyl (C=O) groups is 2. The van der Waals surface area contributed by atoms with Crippen molar-refractivity contribution in [1.29, 1.82) is 0 Å². The normalized spacial score (nSPS) is 12.4. The molecule has 0 saturated heterocycles. The number of carboxylic acid groups (broad SMARTS) is 1. The lowest BCUT2D eigenvalue weighted by Gasteiger charge is -2.15. The molecule has 1 amide bonds. The highest BCUT2D eigenvalue weighted by molar-refractivity contribution is 5.90. The van der Waals surface area contributed by atoms with Crippen LogP contribution in [0.4, 0.5) is 10.5 Å². The smallest absolute Gasteiger partial charge is 0.412 e. The number of nitrogens with one attached hydrogen (secondary N) is 1. The van der Waals surface area contributed by atoms with E-state index in [0.717, 1.165) is 11.1 Å². The van der Waals surface area contributed by atoms with Gasteiger partial charge >= 0.3 is 12.1 Å². The van der Waals surface area contributed by atoms with E-state index in [1.165, 1.54) is 12.3 Å². The minimum absolute atomic E-state index is 0.143. The maximum absolute atomic E-state index is 12.5. The minimum atomic E-state index is -1.10. The van der Waals surface area contributed by atoms with Gasteiger partial charge in [-0.1, -0.05) is 65.8 Å². The van der Waals surface area contributed by atoms with Crippen LogP contribution in [0.1, 0.15) is 29.8 Å². The summed E-state index contributed by atoms with van der Waals surface area (Å²) in [4.78, 5) is 28.4. The Balaban J connectivity index is 1.44. The molecule has 2 heterocycles. The van der Waals surface area contributed by atoms with Crippen molar-refractivity contribution in [3.63, 3.8) is 0 Å². The summed E-state index contributed by atoms with van der Waals surface area (Å²) in [7, 11) is 0. The maximum Gasteiger partial charge on any atom is 0.412 e. The fraction of sp³-hybridized carbons (Fsp3) is 0.185. The molecule has 4 aromatic rings. The molecule has 9 nitrogen and oxygen atoms in total.